The van der Waals surface area contributed by atoms with E-state index in [1.165, 1.54) is 19.2 Å². The van der Waals surface area contributed by atoms with Crippen LogP contribution >= 0.6 is 0 Å². The predicted octanol–water partition coefficient (Wildman–Crippen LogP) is 4.55. The van der Waals surface area contributed by atoms with Crippen molar-refractivity contribution in [1.29, 1.82) is 0 Å². The van der Waals surface area contributed by atoms with Gasteiger partial charge in [-0.05, 0) is 42.5 Å². The number of fused-ring (bicyclic) bond motifs is 1. The fraction of sp³-hybridized carbons (Fsp3) is 0.130. The van der Waals surface area contributed by atoms with E-state index in [0.29, 0.717) is 33.7 Å². The lowest BCUT2D eigenvalue weighted by atomic mass is 10.1. The van der Waals surface area contributed by atoms with Crippen LogP contribution in [-0.2, 0) is 9.84 Å². The Balaban J connectivity index is 1.72. The highest BCUT2D eigenvalue weighted by molar-refractivity contribution is 7.91. The SMILES string of the molecule is CCS(=O)(=O)c1ccc2oc(-c3ccccc3NC(=O)c3ccccc3OC)nc2c1. The summed E-state index contributed by atoms with van der Waals surface area (Å²) >= 11 is 0. The van der Waals surface area contributed by atoms with Crippen LogP contribution in [0.15, 0.2) is 76.0 Å². The Labute approximate surface area is 179 Å². The molecule has 1 aromatic heterocycles. The molecule has 31 heavy (non-hydrogen) atoms. The van der Waals surface area contributed by atoms with Gasteiger partial charge in [0.1, 0.15) is 11.3 Å². The number of carbonyl (C=O) groups is 1. The van der Waals surface area contributed by atoms with Crippen molar-refractivity contribution in [2.45, 2.75) is 11.8 Å². The minimum Gasteiger partial charge on any atom is -0.496 e. The number of benzene rings is 3. The molecular formula is C23H20N2O5S. The second-order valence-electron chi connectivity index (χ2n) is 6.75. The third-order valence-electron chi connectivity index (χ3n) is 4.86. The zero-order valence-corrected chi connectivity index (χ0v) is 17.8. The molecule has 0 aliphatic carbocycles. The molecule has 1 heterocycles. The van der Waals surface area contributed by atoms with E-state index in [2.05, 4.69) is 10.3 Å². The molecule has 4 rings (SSSR count). The molecule has 0 saturated heterocycles. The van der Waals surface area contributed by atoms with E-state index in [-0.39, 0.29) is 22.4 Å². The highest BCUT2D eigenvalue weighted by Gasteiger charge is 2.18. The van der Waals surface area contributed by atoms with Gasteiger partial charge in [-0.1, -0.05) is 31.2 Å². The normalized spacial score (nSPS) is 11.4. The molecule has 1 amide bonds. The highest BCUT2D eigenvalue weighted by atomic mass is 32.2. The Morgan fingerprint density at radius 1 is 1.06 bits per heavy atom. The molecular weight excluding hydrogens is 416 g/mol. The second-order valence-corrected chi connectivity index (χ2v) is 9.03. The van der Waals surface area contributed by atoms with Crippen LogP contribution in [0.3, 0.4) is 0 Å². The maximum atomic E-state index is 12.8. The first-order valence-corrected chi connectivity index (χ1v) is 11.3. The maximum Gasteiger partial charge on any atom is 0.259 e. The van der Waals surface area contributed by atoms with Crippen LogP contribution in [0.5, 0.6) is 5.75 Å². The van der Waals surface area contributed by atoms with Crippen LogP contribution in [0.2, 0.25) is 0 Å². The Kier molecular flexibility index (Phi) is 5.48. The van der Waals surface area contributed by atoms with E-state index in [1.54, 1.807) is 61.5 Å². The Bertz CT molecular complexity index is 1380. The van der Waals surface area contributed by atoms with Crippen LogP contribution in [-0.4, -0.2) is 32.2 Å². The number of aromatic nitrogens is 1. The number of amides is 1. The first-order chi connectivity index (χ1) is 14.9. The van der Waals surface area contributed by atoms with Crippen molar-refractivity contribution in [3.8, 4) is 17.2 Å². The summed E-state index contributed by atoms with van der Waals surface area (Å²) in [7, 11) is -1.85. The molecule has 0 unspecified atom stereocenters. The summed E-state index contributed by atoms with van der Waals surface area (Å²) in [6.07, 6.45) is 0. The van der Waals surface area contributed by atoms with Crippen molar-refractivity contribution in [2.24, 2.45) is 0 Å². The van der Waals surface area contributed by atoms with Crippen LogP contribution in [0.4, 0.5) is 5.69 Å². The summed E-state index contributed by atoms with van der Waals surface area (Å²) < 4.78 is 35.4. The van der Waals surface area contributed by atoms with Crippen LogP contribution in [0.25, 0.3) is 22.6 Å². The molecule has 0 bridgehead atoms. The van der Waals surface area contributed by atoms with Gasteiger partial charge >= 0.3 is 0 Å². The summed E-state index contributed by atoms with van der Waals surface area (Å²) in [4.78, 5) is 17.5. The standard InChI is InChI=1S/C23H20N2O5S/c1-3-31(27,28)15-12-13-21-19(14-15)25-23(30-21)16-8-4-6-10-18(16)24-22(26)17-9-5-7-11-20(17)29-2/h4-14H,3H2,1-2H3,(H,24,26). The zero-order chi connectivity index (χ0) is 22.0. The third kappa shape index (κ3) is 4.02. The number of nitrogens with one attached hydrogen (secondary N) is 1. The van der Waals surface area contributed by atoms with Crippen LogP contribution in [0, 0.1) is 0 Å². The Hall–Kier alpha value is -3.65. The molecule has 0 saturated carbocycles. The number of oxazole rings is 1. The smallest absolute Gasteiger partial charge is 0.259 e. The number of para-hydroxylation sites is 2. The fourth-order valence-corrected chi connectivity index (χ4v) is 4.08. The van der Waals surface area contributed by atoms with E-state index in [0.717, 1.165) is 0 Å². The molecule has 0 radical (unpaired) electrons. The Morgan fingerprint density at radius 3 is 2.58 bits per heavy atom. The molecule has 0 spiro atoms. The second kappa shape index (κ2) is 8.23. The molecule has 0 fully saturated rings. The number of ether oxygens (including phenoxy) is 1. The highest BCUT2D eigenvalue weighted by Crippen LogP contribution is 2.32. The average Bonchev–Trinajstić information content (AvgIpc) is 3.22. The van der Waals surface area contributed by atoms with Gasteiger partial charge < -0.3 is 14.5 Å². The monoisotopic (exact) mass is 436 g/mol. The van der Waals surface area contributed by atoms with Gasteiger partial charge in [-0.2, -0.15) is 0 Å². The number of hydrogen-bond acceptors (Lipinski definition) is 6. The van der Waals surface area contributed by atoms with E-state index >= 15 is 0 Å². The van der Waals surface area contributed by atoms with Gasteiger partial charge in [-0.3, -0.25) is 4.79 Å². The van der Waals surface area contributed by atoms with Gasteiger partial charge in [0.15, 0.2) is 15.4 Å². The molecule has 7 nitrogen and oxygen atoms in total. The van der Waals surface area contributed by atoms with Gasteiger partial charge in [0.25, 0.3) is 5.91 Å². The van der Waals surface area contributed by atoms with E-state index in [1.807, 2.05) is 0 Å². The third-order valence-corrected chi connectivity index (χ3v) is 6.59. The number of carbonyl (C=O) groups excluding carboxylic acids is 1. The van der Waals surface area contributed by atoms with Crippen LogP contribution in [0.1, 0.15) is 17.3 Å². The number of rotatable bonds is 6. The molecule has 8 heteroatoms. The molecule has 1 N–H and O–H groups in total. The van der Waals surface area contributed by atoms with E-state index in [9.17, 15) is 13.2 Å². The number of methoxy groups -OCH3 is 1. The Morgan fingerprint density at radius 2 is 1.81 bits per heavy atom. The summed E-state index contributed by atoms with van der Waals surface area (Å²) in [6.45, 7) is 1.59. The topological polar surface area (TPSA) is 98.5 Å². The lowest BCUT2D eigenvalue weighted by Gasteiger charge is -2.11. The summed E-state index contributed by atoms with van der Waals surface area (Å²) in [5.41, 5.74) is 2.35. The van der Waals surface area contributed by atoms with Crippen molar-refractivity contribution < 1.29 is 22.4 Å². The average molecular weight is 436 g/mol. The molecule has 3 aromatic carbocycles. The summed E-state index contributed by atoms with van der Waals surface area (Å²) in [6, 6.07) is 18.6. The molecule has 4 aromatic rings. The first kappa shape index (κ1) is 20.6. The van der Waals surface area contributed by atoms with Crippen LogP contribution < -0.4 is 10.1 Å². The maximum absolute atomic E-state index is 12.8. The minimum atomic E-state index is -3.36. The van der Waals surface area contributed by atoms with E-state index in [4.69, 9.17) is 9.15 Å². The van der Waals surface area contributed by atoms with Gasteiger partial charge in [-0.25, -0.2) is 13.4 Å². The molecule has 0 aliphatic heterocycles. The largest absolute Gasteiger partial charge is 0.496 e. The first-order valence-electron chi connectivity index (χ1n) is 9.60. The quantitative estimate of drug-likeness (QED) is 0.476. The van der Waals surface area contributed by atoms with E-state index < -0.39 is 9.84 Å². The molecule has 158 valence electrons. The van der Waals surface area contributed by atoms with Crippen molar-refractivity contribution in [1.82, 2.24) is 4.98 Å². The number of sulfone groups is 1. The van der Waals surface area contributed by atoms with Gasteiger partial charge in [0, 0.05) is 0 Å². The number of hydrogen-bond donors (Lipinski definition) is 1. The van der Waals surface area contributed by atoms with Gasteiger partial charge in [0.05, 0.1) is 34.6 Å². The predicted molar refractivity (Wildman–Crippen MR) is 118 cm³/mol. The lowest BCUT2D eigenvalue weighted by Crippen LogP contribution is -2.13. The molecule has 0 aliphatic rings. The molecule has 0 atom stereocenters. The lowest BCUT2D eigenvalue weighted by molar-refractivity contribution is 0.102. The van der Waals surface area contributed by atoms with Crippen molar-refractivity contribution >= 4 is 32.5 Å². The van der Waals surface area contributed by atoms with Crippen molar-refractivity contribution in [3.63, 3.8) is 0 Å². The number of anilines is 1. The van der Waals surface area contributed by atoms with Crippen molar-refractivity contribution in [2.75, 3.05) is 18.2 Å². The number of nitrogens with zero attached hydrogens (tertiary/aromatic N) is 1. The minimum absolute atomic E-state index is 0.00102. The summed E-state index contributed by atoms with van der Waals surface area (Å²) in [5, 5.41) is 2.87. The zero-order valence-electron chi connectivity index (χ0n) is 17.0. The van der Waals surface area contributed by atoms with Gasteiger partial charge in [-0.15, -0.1) is 0 Å². The fourth-order valence-electron chi connectivity index (χ4n) is 3.18. The van der Waals surface area contributed by atoms with Gasteiger partial charge in [0.2, 0.25) is 5.89 Å². The summed E-state index contributed by atoms with van der Waals surface area (Å²) in [5.74, 6) is 0.402. The van der Waals surface area contributed by atoms with Crippen molar-refractivity contribution in [3.05, 3.63) is 72.3 Å².